The van der Waals surface area contributed by atoms with Gasteiger partial charge in [-0.25, -0.2) is 0 Å². The Bertz CT molecular complexity index is 894. The van der Waals surface area contributed by atoms with E-state index in [2.05, 4.69) is 16.5 Å². The molecular weight excluding hydrogens is 288 g/mol. The van der Waals surface area contributed by atoms with Crippen LogP contribution in [0.1, 0.15) is 27.9 Å². The lowest BCUT2D eigenvalue weighted by Crippen LogP contribution is -2.15. The number of anilines is 1. The summed E-state index contributed by atoms with van der Waals surface area (Å²) < 4.78 is 5.37. The highest BCUT2D eigenvalue weighted by Crippen LogP contribution is 2.25. The SMILES string of the molecule is Cc1cc(C)c2c(CC(=O)Nc3cccc(C)c3C)noc2c1. The Balaban J connectivity index is 1.85. The van der Waals surface area contributed by atoms with Gasteiger partial charge in [0.05, 0.1) is 6.42 Å². The molecule has 3 rings (SSSR count). The first-order valence-electron chi connectivity index (χ1n) is 7.67. The number of nitrogens with one attached hydrogen (secondary N) is 1. The first-order valence-corrected chi connectivity index (χ1v) is 7.67. The highest BCUT2D eigenvalue weighted by molar-refractivity contribution is 5.96. The molecule has 0 fully saturated rings. The van der Waals surface area contributed by atoms with Crippen LogP contribution in [0.25, 0.3) is 11.0 Å². The van der Waals surface area contributed by atoms with Crippen molar-refractivity contribution in [1.82, 2.24) is 5.16 Å². The average molecular weight is 308 g/mol. The molecule has 2 aromatic carbocycles. The van der Waals surface area contributed by atoms with Crippen LogP contribution in [0.2, 0.25) is 0 Å². The van der Waals surface area contributed by atoms with E-state index >= 15 is 0 Å². The van der Waals surface area contributed by atoms with Gasteiger partial charge in [-0.2, -0.15) is 0 Å². The first kappa shape index (κ1) is 15.3. The van der Waals surface area contributed by atoms with Crippen LogP contribution >= 0.6 is 0 Å². The van der Waals surface area contributed by atoms with E-state index in [1.54, 1.807) is 0 Å². The minimum Gasteiger partial charge on any atom is -0.356 e. The molecule has 0 aliphatic carbocycles. The van der Waals surface area contributed by atoms with E-state index in [0.29, 0.717) is 5.69 Å². The molecule has 1 N–H and O–H groups in total. The maximum absolute atomic E-state index is 12.4. The number of fused-ring (bicyclic) bond motifs is 1. The van der Waals surface area contributed by atoms with Gasteiger partial charge in [0.25, 0.3) is 0 Å². The van der Waals surface area contributed by atoms with Crippen molar-refractivity contribution in [2.75, 3.05) is 5.32 Å². The van der Waals surface area contributed by atoms with Crippen molar-refractivity contribution >= 4 is 22.6 Å². The molecule has 1 amide bonds. The maximum Gasteiger partial charge on any atom is 0.230 e. The lowest BCUT2D eigenvalue weighted by atomic mass is 10.0. The van der Waals surface area contributed by atoms with Gasteiger partial charge in [0.15, 0.2) is 5.58 Å². The molecule has 0 aliphatic rings. The number of carbonyl (C=O) groups excluding carboxylic acids is 1. The van der Waals surface area contributed by atoms with Crippen LogP contribution in [0, 0.1) is 27.7 Å². The molecule has 0 bridgehead atoms. The third kappa shape index (κ3) is 2.97. The largest absolute Gasteiger partial charge is 0.356 e. The number of carbonyl (C=O) groups is 1. The van der Waals surface area contributed by atoms with Gasteiger partial charge in [-0.05, 0) is 62.1 Å². The summed E-state index contributed by atoms with van der Waals surface area (Å²) in [4.78, 5) is 12.4. The standard InChI is InChI=1S/C19H20N2O2/c1-11-8-13(3)19-16(21-23-17(19)9-11)10-18(22)20-15-7-5-6-12(2)14(15)4/h5-9H,10H2,1-4H3,(H,20,22). The number of hydrogen-bond acceptors (Lipinski definition) is 3. The van der Waals surface area contributed by atoms with Crippen LogP contribution < -0.4 is 5.32 Å². The number of nitrogens with zero attached hydrogens (tertiary/aromatic N) is 1. The molecule has 3 aromatic rings. The molecule has 0 aliphatic heterocycles. The van der Waals surface area contributed by atoms with E-state index in [1.807, 2.05) is 52.0 Å². The molecule has 4 nitrogen and oxygen atoms in total. The zero-order chi connectivity index (χ0) is 16.6. The fourth-order valence-electron chi connectivity index (χ4n) is 2.87. The van der Waals surface area contributed by atoms with Gasteiger partial charge >= 0.3 is 0 Å². The monoisotopic (exact) mass is 308 g/mol. The third-order valence-corrected chi connectivity index (χ3v) is 4.19. The van der Waals surface area contributed by atoms with Crippen LogP contribution in [-0.2, 0) is 11.2 Å². The van der Waals surface area contributed by atoms with Crippen molar-refractivity contribution in [1.29, 1.82) is 0 Å². The topological polar surface area (TPSA) is 55.1 Å². The van der Waals surface area contributed by atoms with Crippen LogP contribution in [0.15, 0.2) is 34.9 Å². The number of aromatic nitrogens is 1. The van der Waals surface area contributed by atoms with Crippen molar-refractivity contribution in [2.24, 2.45) is 0 Å². The quantitative estimate of drug-likeness (QED) is 0.787. The zero-order valence-corrected chi connectivity index (χ0v) is 13.9. The van der Waals surface area contributed by atoms with E-state index in [9.17, 15) is 4.79 Å². The van der Waals surface area contributed by atoms with Gasteiger partial charge in [0.1, 0.15) is 5.69 Å². The van der Waals surface area contributed by atoms with Gasteiger partial charge < -0.3 is 9.84 Å². The Labute approximate surface area is 135 Å². The van der Waals surface area contributed by atoms with Gasteiger partial charge in [-0.1, -0.05) is 23.4 Å². The Morgan fingerprint density at radius 2 is 1.91 bits per heavy atom. The minimum atomic E-state index is -0.0890. The lowest BCUT2D eigenvalue weighted by molar-refractivity contribution is -0.115. The molecule has 1 heterocycles. The smallest absolute Gasteiger partial charge is 0.230 e. The molecule has 118 valence electrons. The summed E-state index contributed by atoms with van der Waals surface area (Å²) in [5, 5.41) is 7.98. The number of rotatable bonds is 3. The van der Waals surface area contributed by atoms with Crippen LogP contribution in [0.5, 0.6) is 0 Å². The molecule has 23 heavy (non-hydrogen) atoms. The van der Waals surface area contributed by atoms with Crippen molar-refractivity contribution in [3.05, 3.63) is 58.3 Å². The summed E-state index contributed by atoms with van der Waals surface area (Å²) in [6.45, 7) is 8.06. The predicted molar refractivity (Wildman–Crippen MR) is 91.7 cm³/mol. The van der Waals surface area contributed by atoms with Crippen molar-refractivity contribution < 1.29 is 9.32 Å². The second kappa shape index (κ2) is 5.88. The molecule has 0 spiro atoms. The molecule has 1 aromatic heterocycles. The number of hydrogen-bond donors (Lipinski definition) is 1. The minimum absolute atomic E-state index is 0.0890. The lowest BCUT2D eigenvalue weighted by Gasteiger charge is -2.09. The second-order valence-electron chi connectivity index (χ2n) is 6.06. The molecule has 0 saturated carbocycles. The van der Waals surface area contributed by atoms with Gasteiger partial charge in [-0.3, -0.25) is 4.79 Å². The zero-order valence-electron chi connectivity index (χ0n) is 13.9. The van der Waals surface area contributed by atoms with Gasteiger partial charge in [0.2, 0.25) is 5.91 Å². The van der Waals surface area contributed by atoms with E-state index in [-0.39, 0.29) is 12.3 Å². The summed E-state index contributed by atoms with van der Waals surface area (Å²) in [6, 6.07) is 9.90. The number of aryl methyl sites for hydroxylation is 3. The first-order chi connectivity index (χ1) is 11.0. The van der Waals surface area contributed by atoms with Crippen LogP contribution in [0.3, 0.4) is 0 Å². The summed E-state index contributed by atoms with van der Waals surface area (Å²) in [5.41, 5.74) is 6.69. The number of amides is 1. The molecule has 0 radical (unpaired) electrons. The Hall–Kier alpha value is -2.62. The van der Waals surface area contributed by atoms with Gasteiger partial charge in [-0.15, -0.1) is 0 Å². The van der Waals surface area contributed by atoms with Crippen molar-refractivity contribution in [3.63, 3.8) is 0 Å². The van der Waals surface area contributed by atoms with Gasteiger partial charge in [0, 0.05) is 11.1 Å². The molecule has 0 saturated heterocycles. The summed E-state index contributed by atoms with van der Waals surface area (Å²) >= 11 is 0. The normalized spacial score (nSPS) is 11.0. The second-order valence-corrected chi connectivity index (χ2v) is 6.06. The fourth-order valence-corrected chi connectivity index (χ4v) is 2.87. The summed E-state index contributed by atoms with van der Waals surface area (Å²) in [7, 11) is 0. The average Bonchev–Trinajstić information content (AvgIpc) is 2.86. The van der Waals surface area contributed by atoms with Crippen molar-refractivity contribution in [3.8, 4) is 0 Å². The maximum atomic E-state index is 12.4. The summed E-state index contributed by atoms with van der Waals surface area (Å²) in [5.74, 6) is -0.0890. The van der Waals surface area contributed by atoms with E-state index in [0.717, 1.165) is 38.9 Å². The Morgan fingerprint density at radius 3 is 2.70 bits per heavy atom. The fraction of sp³-hybridized carbons (Fsp3) is 0.263. The molecule has 4 heteroatoms. The Morgan fingerprint density at radius 1 is 1.13 bits per heavy atom. The van der Waals surface area contributed by atoms with Crippen LogP contribution in [0.4, 0.5) is 5.69 Å². The number of benzene rings is 2. The van der Waals surface area contributed by atoms with Crippen molar-refractivity contribution in [2.45, 2.75) is 34.1 Å². The summed E-state index contributed by atoms with van der Waals surface area (Å²) in [6.07, 6.45) is 0.199. The molecular formula is C19H20N2O2. The third-order valence-electron chi connectivity index (χ3n) is 4.19. The van der Waals surface area contributed by atoms with E-state index in [4.69, 9.17) is 4.52 Å². The molecule has 0 unspecified atom stereocenters. The van der Waals surface area contributed by atoms with Crippen LogP contribution in [-0.4, -0.2) is 11.1 Å². The highest BCUT2D eigenvalue weighted by Gasteiger charge is 2.15. The predicted octanol–water partition coefficient (Wildman–Crippen LogP) is 4.24. The highest BCUT2D eigenvalue weighted by atomic mass is 16.5. The van der Waals surface area contributed by atoms with E-state index in [1.165, 1.54) is 0 Å². The molecule has 0 atom stereocenters. The Kier molecular flexibility index (Phi) is 3.90. The van der Waals surface area contributed by atoms with E-state index < -0.39 is 0 Å².